The Kier molecular flexibility index (Phi) is 6.11. The first kappa shape index (κ1) is 19.1. The Hall–Kier alpha value is -1.70. The van der Waals surface area contributed by atoms with Crippen LogP contribution in [0.2, 0.25) is 0 Å². The molecule has 0 radical (unpaired) electrons. The molecule has 0 spiro atoms. The third-order valence-electron chi connectivity index (χ3n) is 5.27. The molecule has 1 saturated carbocycles. The summed E-state index contributed by atoms with van der Waals surface area (Å²) in [6.45, 7) is 3.49. The minimum absolute atomic E-state index is 0.0621. The number of ether oxygens (including phenoxy) is 1. The molecule has 0 N–H and O–H groups in total. The highest BCUT2D eigenvalue weighted by atomic mass is 32.2. The molecule has 3 rings (SSSR count). The topological polar surface area (TPSA) is 89.5 Å². The minimum Gasteiger partial charge on any atom is -0.466 e. The van der Waals surface area contributed by atoms with Gasteiger partial charge in [0.15, 0.2) is 20.7 Å². The molecule has 1 saturated heterocycles. The lowest BCUT2D eigenvalue weighted by molar-refractivity contribution is -0.148. The third-order valence-corrected chi connectivity index (χ3v) is 7.42. The maximum atomic E-state index is 12.7. The number of hydrogen-bond acceptors (Lipinski definition) is 7. The van der Waals surface area contributed by atoms with Gasteiger partial charge >= 0.3 is 5.97 Å². The maximum Gasteiger partial charge on any atom is 0.310 e. The number of esters is 1. The Morgan fingerprint density at radius 1 is 1.15 bits per heavy atom. The number of sulfone groups is 1. The summed E-state index contributed by atoms with van der Waals surface area (Å²) in [7, 11) is -3.41. The monoisotopic (exact) mass is 381 g/mol. The fraction of sp³-hybridized carbons (Fsp3) is 0.722. The number of carbonyl (C=O) groups excluding carboxylic acids is 1. The molecule has 1 atom stereocenters. The molecule has 7 nitrogen and oxygen atoms in total. The van der Waals surface area contributed by atoms with Crippen molar-refractivity contribution in [3.05, 3.63) is 12.1 Å². The van der Waals surface area contributed by atoms with Crippen LogP contribution < -0.4 is 4.90 Å². The molecule has 0 amide bonds. The zero-order valence-electron chi connectivity index (χ0n) is 15.3. The molecule has 26 heavy (non-hydrogen) atoms. The van der Waals surface area contributed by atoms with Gasteiger partial charge in [-0.25, -0.2) is 8.42 Å². The van der Waals surface area contributed by atoms with Crippen molar-refractivity contribution in [3.63, 3.8) is 0 Å². The summed E-state index contributed by atoms with van der Waals surface area (Å²) in [5.74, 6) is 0.263. The van der Waals surface area contributed by atoms with Crippen LogP contribution in [0.4, 0.5) is 5.82 Å². The molecule has 1 aliphatic carbocycles. The van der Waals surface area contributed by atoms with Crippen molar-refractivity contribution in [3.8, 4) is 0 Å². The standard InChI is InChI=1S/C18H27N3O4S/c1-2-25-18(22)14-7-6-12-21(13-14)16-10-11-17(20-19-16)26(23,24)15-8-4-3-5-9-15/h10-11,14-15H,2-9,12-13H2,1H3/t14-/m0/s1. The van der Waals surface area contributed by atoms with E-state index in [0.29, 0.717) is 31.8 Å². The van der Waals surface area contributed by atoms with Crippen molar-refractivity contribution >= 4 is 21.6 Å². The molecule has 0 bridgehead atoms. The molecular weight excluding hydrogens is 354 g/mol. The van der Waals surface area contributed by atoms with E-state index in [2.05, 4.69) is 10.2 Å². The average molecular weight is 381 g/mol. The summed E-state index contributed by atoms with van der Waals surface area (Å²) in [6.07, 6.45) is 6.10. The highest BCUT2D eigenvalue weighted by Gasteiger charge is 2.31. The summed E-state index contributed by atoms with van der Waals surface area (Å²) >= 11 is 0. The summed E-state index contributed by atoms with van der Waals surface area (Å²) < 4.78 is 30.5. The normalized spacial score (nSPS) is 22.2. The van der Waals surface area contributed by atoms with Crippen molar-refractivity contribution in [1.82, 2.24) is 10.2 Å². The van der Waals surface area contributed by atoms with Gasteiger partial charge in [-0.15, -0.1) is 10.2 Å². The van der Waals surface area contributed by atoms with Gasteiger partial charge in [-0.3, -0.25) is 4.79 Å². The van der Waals surface area contributed by atoms with Crippen LogP contribution in [0, 0.1) is 5.92 Å². The Morgan fingerprint density at radius 2 is 1.92 bits per heavy atom. The lowest BCUT2D eigenvalue weighted by atomic mass is 9.98. The predicted molar refractivity (Wildman–Crippen MR) is 97.7 cm³/mol. The van der Waals surface area contributed by atoms with E-state index in [1.807, 2.05) is 4.90 Å². The van der Waals surface area contributed by atoms with E-state index in [1.165, 1.54) is 0 Å². The lowest BCUT2D eigenvalue weighted by Gasteiger charge is -2.32. The number of piperidine rings is 1. The number of carbonyl (C=O) groups is 1. The first-order chi connectivity index (χ1) is 12.5. The Labute approximate surface area is 155 Å². The van der Waals surface area contributed by atoms with Crippen molar-refractivity contribution in [1.29, 1.82) is 0 Å². The Morgan fingerprint density at radius 3 is 2.58 bits per heavy atom. The highest BCUT2D eigenvalue weighted by Crippen LogP contribution is 2.28. The summed E-state index contributed by atoms with van der Waals surface area (Å²) in [5, 5.41) is 7.89. The van der Waals surface area contributed by atoms with Crippen LogP contribution in [-0.4, -0.2) is 49.5 Å². The summed E-state index contributed by atoms with van der Waals surface area (Å²) in [5.41, 5.74) is 0. The van der Waals surface area contributed by atoms with Gasteiger partial charge in [0.1, 0.15) is 0 Å². The second kappa shape index (κ2) is 8.33. The molecule has 2 fully saturated rings. The molecular formula is C18H27N3O4S. The quantitative estimate of drug-likeness (QED) is 0.723. The molecule has 0 aromatic carbocycles. The van der Waals surface area contributed by atoms with Crippen LogP contribution in [0.25, 0.3) is 0 Å². The van der Waals surface area contributed by atoms with Crippen LogP contribution in [0.15, 0.2) is 17.2 Å². The van der Waals surface area contributed by atoms with Crippen LogP contribution in [0.1, 0.15) is 51.9 Å². The number of hydrogen-bond donors (Lipinski definition) is 0. The van der Waals surface area contributed by atoms with E-state index in [1.54, 1.807) is 19.1 Å². The van der Waals surface area contributed by atoms with Gasteiger partial charge in [0.2, 0.25) is 0 Å². The number of anilines is 1. The Balaban J connectivity index is 1.70. The van der Waals surface area contributed by atoms with Gasteiger partial charge in [0, 0.05) is 13.1 Å². The number of rotatable bonds is 5. The summed E-state index contributed by atoms with van der Waals surface area (Å²) in [4.78, 5) is 14.0. The SMILES string of the molecule is CCOC(=O)[C@H]1CCCN(c2ccc(S(=O)(=O)C3CCCCC3)nn2)C1. The summed E-state index contributed by atoms with van der Waals surface area (Å²) in [6, 6.07) is 3.26. The average Bonchev–Trinajstić information content (AvgIpc) is 2.69. The number of aromatic nitrogens is 2. The predicted octanol–water partition coefficient (Wildman–Crippen LogP) is 2.36. The molecule has 0 unspecified atom stereocenters. The van der Waals surface area contributed by atoms with Crippen molar-refractivity contribution < 1.29 is 17.9 Å². The zero-order valence-corrected chi connectivity index (χ0v) is 16.1. The maximum absolute atomic E-state index is 12.7. The van der Waals surface area contributed by atoms with E-state index in [9.17, 15) is 13.2 Å². The molecule has 144 valence electrons. The van der Waals surface area contributed by atoms with E-state index >= 15 is 0 Å². The fourth-order valence-corrected chi connectivity index (χ4v) is 5.53. The molecule has 1 aromatic heterocycles. The third kappa shape index (κ3) is 4.16. The second-order valence-corrected chi connectivity index (χ2v) is 9.25. The molecule has 1 aromatic rings. The first-order valence-corrected chi connectivity index (χ1v) is 11.1. The molecule has 2 heterocycles. The molecule has 1 aliphatic heterocycles. The van der Waals surface area contributed by atoms with Gasteiger partial charge in [-0.1, -0.05) is 19.3 Å². The van der Waals surface area contributed by atoms with Gasteiger partial charge in [-0.2, -0.15) is 0 Å². The van der Waals surface area contributed by atoms with Crippen molar-refractivity contribution in [2.75, 3.05) is 24.6 Å². The van der Waals surface area contributed by atoms with Crippen LogP contribution in [0.5, 0.6) is 0 Å². The van der Waals surface area contributed by atoms with Crippen LogP contribution in [-0.2, 0) is 19.4 Å². The zero-order chi connectivity index (χ0) is 18.6. The first-order valence-electron chi connectivity index (χ1n) is 9.51. The van der Waals surface area contributed by atoms with Gasteiger partial charge in [0.05, 0.1) is 17.8 Å². The minimum atomic E-state index is -3.41. The fourth-order valence-electron chi connectivity index (χ4n) is 3.82. The lowest BCUT2D eigenvalue weighted by Crippen LogP contribution is -2.40. The highest BCUT2D eigenvalue weighted by molar-refractivity contribution is 7.92. The van der Waals surface area contributed by atoms with E-state index in [-0.39, 0.29) is 22.2 Å². The van der Waals surface area contributed by atoms with Gasteiger partial charge < -0.3 is 9.64 Å². The smallest absolute Gasteiger partial charge is 0.310 e. The molecule has 2 aliphatic rings. The van der Waals surface area contributed by atoms with Gasteiger partial charge in [0.25, 0.3) is 0 Å². The van der Waals surface area contributed by atoms with Crippen molar-refractivity contribution in [2.24, 2.45) is 5.92 Å². The number of nitrogens with zero attached hydrogens (tertiary/aromatic N) is 3. The van der Waals surface area contributed by atoms with E-state index in [4.69, 9.17) is 4.74 Å². The second-order valence-electron chi connectivity index (χ2n) is 7.07. The van der Waals surface area contributed by atoms with Crippen molar-refractivity contribution in [2.45, 2.75) is 62.1 Å². The van der Waals surface area contributed by atoms with Crippen LogP contribution >= 0.6 is 0 Å². The largest absolute Gasteiger partial charge is 0.466 e. The molecule has 8 heteroatoms. The van der Waals surface area contributed by atoms with Crippen LogP contribution in [0.3, 0.4) is 0 Å². The van der Waals surface area contributed by atoms with E-state index < -0.39 is 9.84 Å². The van der Waals surface area contributed by atoms with E-state index in [0.717, 1.165) is 38.6 Å². The van der Waals surface area contributed by atoms with Gasteiger partial charge in [-0.05, 0) is 44.7 Å². The Bertz CT molecular complexity index is 714.